The highest BCUT2D eigenvalue weighted by Crippen LogP contribution is 2.20. The fourth-order valence-corrected chi connectivity index (χ4v) is 1.99. The number of nitrogens with one attached hydrogen (secondary N) is 1. The largest absolute Gasteiger partial charge is 0.447 e. The van der Waals surface area contributed by atoms with Crippen LogP contribution in [-0.2, 0) is 9.47 Å². The van der Waals surface area contributed by atoms with Crippen molar-refractivity contribution in [2.75, 3.05) is 18.5 Å². The number of ether oxygens (including phenoxy) is 2. The number of carbonyl (C=O) groups excluding carboxylic acids is 1. The number of hydrogen-bond donors (Lipinski definition) is 1. The lowest BCUT2D eigenvalue weighted by Crippen LogP contribution is -2.21. The molecule has 1 N–H and O–H groups in total. The van der Waals surface area contributed by atoms with Gasteiger partial charge >= 0.3 is 6.09 Å². The van der Waals surface area contributed by atoms with Crippen LogP contribution in [0.2, 0.25) is 5.02 Å². The van der Waals surface area contributed by atoms with E-state index in [0.717, 1.165) is 25.0 Å². The van der Waals surface area contributed by atoms with Crippen LogP contribution in [-0.4, -0.2) is 25.4 Å². The Balaban J connectivity index is 1.84. The molecule has 0 aromatic heterocycles. The minimum atomic E-state index is -0.476. The Bertz CT molecular complexity index is 430. The highest BCUT2D eigenvalue weighted by Gasteiger charge is 2.17. The molecule has 0 spiro atoms. The van der Waals surface area contributed by atoms with Crippen LogP contribution in [0.4, 0.5) is 10.5 Å². The number of anilines is 1. The Morgan fingerprint density at radius 2 is 2.44 bits per heavy atom. The van der Waals surface area contributed by atoms with E-state index in [-0.39, 0.29) is 6.10 Å². The van der Waals surface area contributed by atoms with Gasteiger partial charge in [-0.25, -0.2) is 4.79 Å². The summed E-state index contributed by atoms with van der Waals surface area (Å²) < 4.78 is 10.5. The summed E-state index contributed by atoms with van der Waals surface area (Å²) in [5.74, 6) is 0. The van der Waals surface area contributed by atoms with Crippen molar-refractivity contribution in [1.82, 2.24) is 0 Å². The van der Waals surface area contributed by atoms with Gasteiger partial charge in [-0.2, -0.15) is 0 Å². The first-order valence-corrected chi connectivity index (χ1v) is 6.34. The normalized spacial score (nSPS) is 18.7. The van der Waals surface area contributed by atoms with Crippen LogP contribution in [0.25, 0.3) is 0 Å². The first-order chi connectivity index (χ1) is 8.65. The predicted octanol–water partition coefficient (Wildman–Crippen LogP) is 3.38. The van der Waals surface area contributed by atoms with E-state index in [4.69, 9.17) is 21.1 Å². The summed E-state index contributed by atoms with van der Waals surface area (Å²) in [5.41, 5.74) is 1.60. The number of halogens is 1. The molecule has 1 fully saturated rings. The molecule has 1 heterocycles. The molecule has 1 saturated heterocycles. The van der Waals surface area contributed by atoms with E-state index in [1.165, 1.54) is 0 Å². The molecule has 0 bridgehead atoms. The molecule has 5 heteroatoms. The number of rotatable bonds is 3. The molecular formula is C13H16ClNO3. The number of carbonyl (C=O) groups is 1. The Morgan fingerprint density at radius 1 is 1.61 bits per heavy atom. The van der Waals surface area contributed by atoms with Gasteiger partial charge in [-0.1, -0.05) is 17.7 Å². The van der Waals surface area contributed by atoms with Crippen LogP contribution >= 0.6 is 11.6 Å². The van der Waals surface area contributed by atoms with Crippen molar-refractivity contribution < 1.29 is 14.3 Å². The van der Waals surface area contributed by atoms with Gasteiger partial charge in [0, 0.05) is 17.3 Å². The van der Waals surface area contributed by atoms with E-state index in [1.54, 1.807) is 12.1 Å². The van der Waals surface area contributed by atoms with E-state index >= 15 is 0 Å². The Hall–Kier alpha value is -1.26. The highest BCUT2D eigenvalue weighted by atomic mass is 35.5. The third-order valence-electron chi connectivity index (χ3n) is 2.86. The van der Waals surface area contributed by atoms with Gasteiger partial charge in [-0.3, -0.25) is 5.32 Å². The molecule has 1 aromatic rings. The minimum absolute atomic E-state index is 0.0382. The quantitative estimate of drug-likeness (QED) is 0.915. The summed E-state index contributed by atoms with van der Waals surface area (Å²) in [5, 5.41) is 3.25. The van der Waals surface area contributed by atoms with Crippen molar-refractivity contribution in [3.05, 3.63) is 28.8 Å². The van der Waals surface area contributed by atoms with E-state index in [0.29, 0.717) is 17.3 Å². The van der Waals surface area contributed by atoms with Gasteiger partial charge in [-0.15, -0.1) is 0 Å². The molecular weight excluding hydrogens is 254 g/mol. The van der Waals surface area contributed by atoms with Crippen LogP contribution in [0, 0.1) is 6.92 Å². The lowest BCUT2D eigenvalue weighted by Gasteiger charge is -2.12. The molecule has 0 saturated carbocycles. The van der Waals surface area contributed by atoms with Crippen molar-refractivity contribution in [3.8, 4) is 0 Å². The van der Waals surface area contributed by atoms with Crippen LogP contribution in [0.3, 0.4) is 0 Å². The molecule has 2 rings (SSSR count). The van der Waals surface area contributed by atoms with Gasteiger partial charge in [0.15, 0.2) is 0 Å². The maximum atomic E-state index is 11.6. The second-order valence-corrected chi connectivity index (χ2v) is 4.75. The average Bonchev–Trinajstić information content (AvgIpc) is 2.84. The molecule has 0 radical (unpaired) electrons. The fraction of sp³-hybridized carbons (Fsp3) is 0.462. The van der Waals surface area contributed by atoms with Gasteiger partial charge in [0.1, 0.15) is 6.61 Å². The molecule has 4 nitrogen and oxygen atoms in total. The lowest BCUT2D eigenvalue weighted by molar-refractivity contribution is 0.0484. The molecule has 1 amide bonds. The first-order valence-electron chi connectivity index (χ1n) is 5.96. The van der Waals surface area contributed by atoms with Crippen LogP contribution in [0.5, 0.6) is 0 Å². The third-order valence-corrected chi connectivity index (χ3v) is 3.10. The Labute approximate surface area is 111 Å². The standard InChI is InChI=1S/C13H16ClNO3/c1-9-4-5-10(14)7-12(9)15-13(16)18-8-11-3-2-6-17-11/h4-5,7,11H,2-3,6,8H2,1H3,(H,15,16)/t11-/m1/s1. The second-order valence-electron chi connectivity index (χ2n) is 4.32. The van der Waals surface area contributed by atoms with Crippen molar-refractivity contribution in [2.45, 2.75) is 25.9 Å². The lowest BCUT2D eigenvalue weighted by atomic mass is 10.2. The van der Waals surface area contributed by atoms with Crippen molar-refractivity contribution in [2.24, 2.45) is 0 Å². The fourth-order valence-electron chi connectivity index (χ4n) is 1.82. The van der Waals surface area contributed by atoms with E-state index in [9.17, 15) is 4.79 Å². The van der Waals surface area contributed by atoms with Crippen LogP contribution < -0.4 is 5.32 Å². The number of amides is 1. The molecule has 1 aliphatic heterocycles. The van der Waals surface area contributed by atoms with E-state index < -0.39 is 6.09 Å². The monoisotopic (exact) mass is 269 g/mol. The zero-order valence-electron chi connectivity index (χ0n) is 10.2. The summed E-state index contributed by atoms with van der Waals surface area (Å²) in [6.07, 6.45) is 1.54. The van der Waals surface area contributed by atoms with Gasteiger partial charge in [0.05, 0.1) is 6.10 Å². The van der Waals surface area contributed by atoms with Gasteiger partial charge in [0.2, 0.25) is 0 Å². The summed E-state index contributed by atoms with van der Waals surface area (Å²) in [4.78, 5) is 11.6. The Kier molecular flexibility index (Phi) is 4.44. The van der Waals surface area contributed by atoms with Crippen LogP contribution in [0.1, 0.15) is 18.4 Å². The predicted molar refractivity (Wildman–Crippen MR) is 70.1 cm³/mol. The van der Waals surface area contributed by atoms with Gasteiger partial charge in [0.25, 0.3) is 0 Å². The average molecular weight is 270 g/mol. The van der Waals surface area contributed by atoms with E-state index in [2.05, 4.69) is 5.32 Å². The molecule has 1 aliphatic rings. The smallest absolute Gasteiger partial charge is 0.411 e. The zero-order chi connectivity index (χ0) is 13.0. The molecule has 98 valence electrons. The number of benzene rings is 1. The van der Waals surface area contributed by atoms with Crippen molar-refractivity contribution in [3.63, 3.8) is 0 Å². The molecule has 1 atom stereocenters. The maximum absolute atomic E-state index is 11.6. The van der Waals surface area contributed by atoms with E-state index in [1.807, 2.05) is 13.0 Å². The second kappa shape index (κ2) is 6.07. The van der Waals surface area contributed by atoms with Crippen LogP contribution in [0.15, 0.2) is 18.2 Å². The SMILES string of the molecule is Cc1ccc(Cl)cc1NC(=O)OC[C@H]1CCCO1. The molecule has 1 aromatic carbocycles. The van der Waals surface area contributed by atoms with Gasteiger partial charge in [-0.05, 0) is 37.5 Å². The molecule has 18 heavy (non-hydrogen) atoms. The number of aryl methyl sites for hydroxylation is 1. The maximum Gasteiger partial charge on any atom is 0.411 e. The van der Waals surface area contributed by atoms with Crippen molar-refractivity contribution in [1.29, 1.82) is 0 Å². The highest BCUT2D eigenvalue weighted by molar-refractivity contribution is 6.30. The minimum Gasteiger partial charge on any atom is -0.447 e. The third kappa shape index (κ3) is 3.62. The summed E-state index contributed by atoms with van der Waals surface area (Å²) in [6.45, 7) is 2.94. The topological polar surface area (TPSA) is 47.6 Å². The Morgan fingerprint density at radius 3 is 3.17 bits per heavy atom. The summed E-state index contributed by atoms with van der Waals surface area (Å²) >= 11 is 5.87. The molecule has 0 aliphatic carbocycles. The zero-order valence-corrected chi connectivity index (χ0v) is 11.0. The summed E-state index contributed by atoms with van der Waals surface area (Å²) in [7, 11) is 0. The van der Waals surface area contributed by atoms with Crippen molar-refractivity contribution >= 4 is 23.4 Å². The summed E-state index contributed by atoms with van der Waals surface area (Å²) in [6, 6.07) is 5.32. The molecule has 0 unspecified atom stereocenters. The number of hydrogen-bond acceptors (Lipinski definition) is 3. The first kappa shape index (κ1) is 13.2. The van der Waals surface area contributed by atoms with Gasteiger partial charge < -0.3 is 9.47 Å².